The second kappa shape index (κ2) is 8.13. The normalized spacial score (nSPS) is 19.2. The summed E-state index contributed by atoms with van der Waals surface area (Å²) in [4.78, 5) is 25.7. The molecule has 0 bridgehead atoms. The maximum atomic E-state index is 12.5. The van der Waals surface area contributed by atoms with Crippen LogP contribution in [0.5, 0.6) is 0 Å². The maximum absolute atomic E-state index is 12.5. The minimum Gasteiger partial charge on any atom is -0.352 e. The lowest BCUT2D eigenvalue weighted by Gasteiger charge is -2.36. The van der Waals surface area contributed by atoms with E-state index in [0.29, 0.717) is 22.8 Å². The fourth-order valence-corrected chi connectivity index (χ4v) is 3.08. The van der Waals surface area contributed by atoms with Crippen molar-refractivity contribution in [2.45, 2.75) is 38.8 Å². The van der Waals surface area contributed by atoms with Crippen molar-refractivity contribution >= 4 is 29.1 Å². The van der Waals surface area contributed by atoms with Gasteiger partial charge in [-0.2, -0.15) is 5.26 Å². The van der Waals surface area contributed by atoms with Crippen molar-refractivity contribution in [3.8, 4) is 6.07 Å². The zero-order chi connectivity index (χ0) is 17.7. The molecule has 0 aliphatic carbocycles. The fourth-order valence-electron chi connectivity index (χ4n) is 2.86. The van der Waals surface area contributed by atoms with Crippen LogP contribution in [-0.4, -0.2) is 41.9 Å². The molecular formula is C17H21ClN4O2. The summed E-state index contributed by atoms with van der Waals surface area (Å²) in [5.74, 6) is -0.189. The molecule has 1 saturated heterocycles. The zero-order valence-corrected chi connectivity index (χ0v) is 14.6. The van der Waals surface area contributed by atoms with Gasteiger partial charge in [0.15, 0.2) is 0 Å². The average Bonchev–Trinajstić information content (AvgIpc) is 2.54. The van der Waals surface area contributed by atoms with E-state index in [9.17, 15) is 9.59 Å². The van der Waals surface area contributed by atoms with E-state index in [0.717, 1.165) is 19.4 Å². The first-order chi connectivity index (χ1) is 11.4. The van der Waals surface area contributed by atoms with E-state index in [2.05, 4.69) is 15.5 Å². The number of nitrogens with zero attached hydrogens (tertiary/aromatic N) is 2. The zero-order valence-electron chi connectivity index (χ0n) is 13.8. The first-order valence-corrected chi connectivity index (χ1v) is 8.30. The lowest BCUT2D eigenvalue weighted by molar-refractivity contribution is -0.121. The number of carbonyl (C=O) groups is 2. The third-order valence-corrected chi connectivity index (χ3v) is 4.46. The van der Waals surface area contributed by atoms with Crippen LogP contribution in [0.2, 0.25) is 5.02 Å². The van der Waals surface area contributed by atoms with Crippen LogP contribution in [0.25, 0.3) is 0 Å². The standard InChI is InChI=1S/C17H21ClN4O2/c1-11(22-7-3-4-15(10-22)20-12(2)23)17(24)21-14-6-5-13(9-19)16(18)8-14/h5-6,8,11,15H,3-4,7,10H2,1-2H3,(H,20,23)(H,21,24). The molecule has 2 N–H and O–H groups in total. The summed E-state index contributed by atoms with van der Waals surface area (Å²) in [6.07, 6.45) is 1.86. The number of carbonyl (C=O) groups excluding carboxylic acids is 2. The second-order valence-corrected chi connectivity index (χ2v) is 6.41. The maximum Gasteiger partial charge on any atom is 0.241 e. The number of piperidine rings is 1. The number of rotatable bonds is 4. The number of anilines is 1. The van der Waals surface area contributed by atoms with Crippen LogP contribution >= 0.6 is 11.6 Å². The molecule has 7 heteroatoms. The van der Waals surface area contributed by atoms with E-state index in [-0.39, 0.29) is 23.9 Å². The van der Waals surface area contributed by atoms with Gasteiger partial charge in [0, 0.05) is 25.2 Å². The minimum atomic E-state index is -0.323. The van der Waals surface area contributed by atoms with E-state index in [1.807, 2.05) is 13.0 Å². The average molecular weight is 349 g/mol. The molecule has 1 aromatic carbocycles. The lowest BCUT2D eigenvalue weighted by atomic mass is 10.0. The molecule has 0 saturated carbocycles. The van der Waals surface area contributed by atoms with Crippen LogP contribution in [0.4, 0.5) is 5.69 Å². The highest BCUT2D eigenvalue weighted by Crippen LogP contribution is 2.21. The van der Waals surface area contributed by atoms with Crippen LogP contribution in [-0.2, 0) is 9.59 Å². The molecule has 1 aliphatic heterocycles. The number of benzene rings is 1. The molecule has 0 radical (unpaired) electrons. The summed E-state index contributed by atoms with van der Waals surface area (Å²) in [7, 11) is 0. The van der Waals surface area contributed by atoms with Crippen molar-refractivity contribution < 1.29 is 9.59 Å². The van der Waals surface area contributed by atoms with Gasteiger partial charge >= 0.3 is 0 Å². The topological polar surface area (TPSA) is 85.2 Å². The van der Waals surface area contributed by atoms with Crippen molar-refractivity contribution in [3.63, 3.8) is 0 Å². The van der Waals surface area contributed by atoms with Gasteiger partial charge in [-0.1, -0.05) is 11.6 Å². The first kappa shape index (κ1) is 18.2. The van der Waals surface area contributed by atoms with Crippen molar-refractivity contribution in [1.29, 1.82) is 5.26 Å². The third-order valence-electron chi connectivity index (χ3n) is 4.14. The van der Waals surface area contributed by atoms with Crippen molar-refractivity contribution in [2.24, 2.45) is 0 Å². The van der Waals surface area contributed by atoms with Gasteiger partial charge in [-0.25, -0.2) is 0 Å². The van der Waals surface area contributed by atoms with E-state index >= 15 is 0 Å². The fraction of sp³-hybridized carbons (Fsp3) is 0.471. The van der Waals surface area contributed by atoms with Gasteiger partial charge in [-0.05, 0) is 44.5 Å². The molecule has 2 amide bonds. The summed E-state index contributed by atoms with van der Waals surface area (Å²) in [6.45, 7) is 4.82. The van der Waals surface area contributed by atoms with Crippen LogP contribution in [0, 0.1) is 11.3 Å². The van der Waals surface area contributed by atoms with Gasteiger partial charge < -0.3 is 10.6 Å². The Morgan fingerprint density at radius 1 is 1.46 bits per heavy atom. The van der Waals surface area contributed by atoms with E-state index < -0.39 is 0 Å². The Bertz CT molecular complexity index is 671. The number of nitrogens with one attached hydrogen (secondary N) is 2. The predicted molar refractivity (Wildman–Crippen MR) is 92.7 cm³/mol. The van der Waals surface area contributed by atoms with Crippen LogP contribution < -0.4 is 10.6 Å². The number of likely N-dealkylation sites (tertiary alicyclic amines) is 1. The van der Waals surface area contributed by atoms with Crippen LogP contribution in [0.15, 0.2) is 18.2 Å². The quantitative estimate of drug-likeness (QED) is 0.873. The first-order valence-electron chi connectivity index (χ1n) is 7.92. The van der Waals surface area contributed by atoms with E-state index in [1.54, 1.807) is 18.2 Å². The number of halogens is 1. The summed E-state index contributed by atoms with van der Waals surface area (Å²) < 4.78 is 0. The second-order valence-electron chi connectivity index (χ2n) is 6.01. The molecule has 1 fully saturated rings. The SMILES string of the molecule is CC(=O)NC1CCCN(C(C)C(=O)Nc2ccc(C#N)c(Cl)c2)C1. The van der Waals surface area contributed by atoms with E-state index in [1.165, 1.54) is 6.92 Å². The molecule has 6 nitrogen and oxygen atoms in total. The van der Waals surface area contributed by atoms with E-state index in [4.69, 9.17) is 16.9 Å². The van der Waals surface area contributed by atoms with Gasteiger partial charge in [0.05, 0.1) is 16.6 Å². The molecule has 2 rings (SSSR count). The highest BCUT2D eigenvalue weighted by atomic mass is 35.5. The third kappa shape index (κ3) is 4.70. The summed E-state index contributed by atoms with van der Waals surface area (Å²) >= 11 is 5.98. The van der Waals surface area contributed by atoms with Gasteiger partial charge in [-0.3, -0.25) is 14.5 Å². The Balaban J connectivity index is 1.97. The molecule has 128 valence electrons. The Hall–Kier alpha value is -2.10. The number of amides is 2. The Morgan fingerprint density at radius 2 is 2.21 bits per heavy atom. The number of hydrogen-bond donors (Lipinski definition) is 2. The number of hydrogen-bond acceptors (Lipinski definition) is 4. The predicted octanol–water partition coefficient (Wildman–Crippen LogP) is 2.14. The lowest BCUT2D eigenvalue weighted by Crippen LogP contribution is -2.52. The summed E-state index contributed by atoms with van der Waals surface area (Å²) in [6, 6.07) is 6.55. The van der Waals surface area contributed by atoms with Gasteiger partial charge in [-0.15, -0.1) is 0 Å². The van der Waals surface area contributed by atoms with Crippen molar-refractivity contribution in [3.05, 3.63) is 28.8 Å². The van der Waals surface area contributed by atoms with Gasteiger partial charge in [0.25, 0.3) is 0 Å². The Morgan fingerprint density at radius 3 is 2.83 bits per heavy atom. The van der Waals surface area contributed by atoms with Gasteiger partial charge in [0.2, 0.25) is 11.8 Å². The summed E-state index contributed by atoms with van der Waals surface area (Å²) in [5.41, 5.74) is 0.933. The minimum absolute atomic E-state index is 0.0498. The molecule has 2 atom stereocenters. The Kier molecular flexibility index (Phi) is 6.18. The molecule has 0 spiro atoms. The Labute approximate surface area is 146 Å². The van der Waals surface area contributed by atoms with Gasteiger partial charge in [0.1, 0.15) is 6.07 Å². The molecular weight excluding hydrogens is 328 g/mol. The van der Waals surface area contributed by atoms with Crippen molar-refractivity contribution in [2.75, 3.05) is 18.4 Å². The number of nitriles is 1. The summed E-state index contributed by atoms with van der Waals surface area (Å²) in [5, 5.41) is 14.9. The monoisotopic (exact) mass is 348 g/mol. The highest BCUT2D eigenvalue weighted by Gasteiger charge is 2.27. The largest absolute Gasteiger partial charge is 0.352 e. The van der Waals surface area contributed by atoms with Crippen LogP contribution in [0.3, 0.4) is 0 Å². The molecule has 1 aromatic rings. The highest BCUT2D eigenvalue weighted by molar-refractivity contribution is 6.32. The molecule has 1 heterocycles. The molecule has 0 aromatic heterocycles. The molecule has 2 unspecified atom stereocenters. The molecule has 1 aliphatic rings. The molecule has 24 heavy (non-hydrogen) atoms. The van der Waals surface area contributed by atoms with Crippen molar-refractivity contribution in [1.82, 2.24) is 10.2 Å². The van der Waals surface area contributed by atoms with Crippen LogP contribution in [0.1, 0.15) is 32.3 Å². The smallest absolute Gasteiger partial charge is 0.241 e.